The molecule has 1 aliphatic heterocycles. The lowest BCUT2D eigenvalue weighted by Gasteiger charge is -2.19. The smallest absolute Gasteiger partial charge is 0.0167 e. The van der Waals surface area contributed by atoms with Gasteiger partial charge in [0.2, 0.25) is 0 Å². The third-order valence-electron chi connectivity index (χ3n) is 2.35. The molecule has 0 aromatic carbocycles. The first-order chi connectivity index (χ1) is 5.33. The van der Waals surface area contributed by atoms with Crippen LogP contribution >= 0.6 is 0 Å². The molecule has 1 heterocycles. The molecule has 2 nitrogen and oxygen atoms in total. The first-order valence-corrected chi connectivity index (χ1v) is 4.81. The summed E-state index contributed by atoms with van der Waals surface area (Å²) >= 11 is 0. The number of rotatable bonds is 4. The van der Waals surface area contributed by atoms with Gasteiger partial charge < -0.3 is 10.6 Å². The Hall–Kier alpha value is -0.0800. The van der Waals surface area contributed by atoms with Gasteiger partial charge in [-0.2, -0.15) is 0 Å². The molecule has 0 unspecified atom stereocenters. The van der Waals surface area contributed by atoms with Crippen LogP contribution in [-0.2, 0) is 0 Å². The van der Waals surface area contributed by atoms with Crippen LogP contribution in [0.3, 0.4) is 0 Å². The molecular formula is C9H20N2. The average Bonchev–Trinajstić information content (AvgIpc) is 2.40. The maximum Gasteiger partial charge on any atom is 0.0167 e. The van der Waals surface area contributed by atoms with E-state index in [4.69, 9.17) is 5.73 Å². The number of likely N-dealkylation sites (tertiary alicyclic amines) is 1. The van der Waals surface area contributed by atoms with Crippen LogP contribution in [-0.4, -0.2) is 30.6 Å². The van der Waals surface area contributed by atoms with Crippen molar-refractivity contribution in [1.29, 1.82) is 0 Å². The second-order valence-corrected chi connectivity index (χ2v) is 3.56. The van der Waals surface area contributed by atoms with E-state index in [0.717, 1.165) is 6.54 Å². The van der Waals surface area contributed by atoms with Crippen molar-refractivity contribution in [2.45, 2.75) is 38.6 Å². The zero-order valence-corrected chi connectivity index (χ0v) is 7.55. The lowest BCUT2D eigenvalue weighted by molar-refractivity contribution is 0.307. The van der Waals surface area contributed by atoms with Gasteiger partial charge in [0.25, 0.3) is 0 Å². The summed E-state index contributed by atoms with van der Waals surface area (Å²) in [6.07, 6.45) is 5.14. The number of hydrogen-bond acceptors (Lipinski definition) is 2. The fourth-order valence-corrected chi connectivity index (χ4v) is 1.76. The summed E-state index contributed by atoms with van der Waals surface area (Å²) in [4.78, 5) is 2.49. The first-order valence-electron chi connectivity index (χ1n) is 4.81. The molecule has 1 aliphatic rings. The normalized spacial score (nSPS) is 22.4. The Morgan fingerprint density at radius 3 is 2.55 bits per heavy atom. The molecule has 1 rings (SSSR count). The van der Waals surface area contributed by atoms with E-state index in [0.29, 0.717) is 6.04 Å². The molecule has 1 saturated heterocycles. The molecule has 0 amide bonds. The average molecular weight is 156 g/mol. The maximum atomic E-state index is 5.92. The van der Waals surface area contributed by atoms with E-state index in [1.807, 2.05) is 0 Å². The second-order valence-electron chi connectivity index (χ2n) is 3.56. The molecule has 0 radical (unpaired) electrons. The van der Waals surface area contributed by atoms with Crippen LogP contribution in [0, 0.1) is 0 Å². The van der Waals surface area contributed by atoms with Gasteiger partial charge in [0.1, 0.15) is 0 Å². The van der Waals surface area contributed by atoms with Gasteiger partial charge in [-0.05, 0) is 32.4 Å². The van der Waals surface area contributed by atoms with E-state index in [1.54, 1.807) is 0 Å². The van der Waals surface area contributed by atoms with Crippen molar-refractivity contribution < 1.29 is 0 Å². The second kappa shape index (κ2) is 4.73. The Morgan fingerprint density at radius 1 is 1.36 bits per heavy atom. The minimum absolute atomic E-state index is 0.415. The van der Waals surface area contributed by atoms with Gasteiger partial charge in [0, 0.05) is 12.6 Å². The predicted molar refractivity (Wildman–Crippen MR) is 48.6 cm³/mol. The van der Waals surface area contributed by atoms with Crippen LogP contribution in [0.15, 0.2) is 0 Å². The lowest BCUT2D eigenvalue weighted by Crippen LogP contribution is -2.35. The molecule has 66 valence electrons. The molecule has 0 spiro atoms. The maximum absolute atomic E-state index is 5.92. The molecular weight excluding hydrogens is 136 g/mol. The molecule has 11 heavy (non-hydrogen) atoms. The number of hydrogen-bond donors (Lipinski definition) is 1. The van der Waals surface area contributed by atoms with Crippen molar-refractivity contribution in [2.75, 3.05) is 19.6 Å². The summed E-state index contributed by atoms with van der Waals surface area (Å²) in [5.74, 6) is 0. The summed E-state index contributed by atoms with van der Waals surface area (Å²) in [5, 5.41) is 0. The third kappa shape index (κ3) is 3.21. The lowest BCUT2D eigenvalue weighted by atomic mass is 10.2. The Morgan fingerprint density at radius 2 is 2.00 bits per heavy atom. The number of nitrogens with zero attached hydrogens (tertiary/aromatic N) is 1. The monoisotopic (exact) mass is 156 g/mol. The SMILES string of the molecule is CCC[C@@H](N)CN1CCCC1. The highest BCUT2D eigenvalue weighted by molar-refractivity contribution is 4.72. The minimum Gasteiger partial charge on any atom is -0.327 e. The van der Waals surface area contributed by atoms with Gasteiger partial charge in [0.15, 0.2) is 0 Å². The highest BCUT2D eigenvalue weighted by Gasteiger charge is 2.13. The van der Waals surface area contributed by atoms with E-state index in [2.05, 4.69) is 11.8 Å². The van der Waals surface area contributed by atoms with Gasteiger partial charge >= 0.3 is 0 Å². The van der Waals surface area contributed by atoms with Crippen LogP contribution in [0.4, 0.5) is 0 Å². The van der Waals surface area contributed by atoms with Crippen molar-refractivity contribution >= 4 is 0 Å². The van der Waals surface area contributed by atoms with E-state index < -0.39 is 0 Å². The predicted octanol–water partition coefficient (Wildman–Crippen LogP) is 1.21. The van der Waals surface area contributed by atoms with E-state index in [9.17, 15) is 0 Å². The van der Waals surface area contributed by atoms with E-state index in [1.165, 1.54) is 38.8 Å². The van der Waals surface area contributed by atoms with Crippen LogP contribution in [0.5, 0.6) is 0 Å². The highest BCUT2D eigenvalue weighted by Crippen LogP contribution is 2.08. The fourth-order valence-electron chi connectivity index (χ4n) is 1.76. The van der Waals surface area contributed by atoms with Crippen molar-refractivity contribution in [3.8, 4) is 0 Å². The van der Waals surface area contributed by atoms with Gasteiger partial charge in [-0.1, -0.05) is 13.3 Å². The zero-order chi connectivity index (χ0) is 8.10. The van der Waals surface area contributed by atoms with Crippen LogP contribution in [0.25, 0.3) is 0 Å². The topological polar surface area (TPSA) is 29.3 Å². The summed E-state index contributed by atoms with van der Waals surface area (Å²) in [6.45, 7) is 5.87. The van der Waals surface area contributed by atoms with Gasteiger partial charge in [0.05, 0.1) is 0 Å². The van der Waals surface area contributed by atoms with Crippen LogP contribution < -0.4 is 5.73 Å². The van der Waals surface area contributed by atoms with Crippen molar-refractivity contribution in [3.63, 3.8) is 0 Å². The van der Waals surface area contributed by atoms with Gasteiger partial charge in [-0.3, -0.25) is 0 Å². The molecule has 0 aliphatic carbocycles. The number of nitrogens with two attached hydrogens (primary N) is 1. The summed E-state index contributed by atoms with van der Waals surface area (Å²) in [6, 6.07) is 0.415. The highest BCUT2D eigenvalue weighted by atomic mass is 15.1. The van der Waals surface area contributed by atoms with Crippen LogP contribution in [0.1, 0.15) is 32.6 Å². The first kappa shape index (κ1) is 9.01. The van der Waals surface area contributed by atoms with Crippen molar-refractivity contribution in [1.82, 2.24) is 4.90 Å². The summed E-state index contributed by atoms with van der Waals surface area (Å²) < 4.78 is 0. The zero-order valence-electron chi connectivity index (χ0n) is 7.55. The molecule has 2 heteroatoms. The molecule has 2 N–H and O–H groups in total. The Labute approximate surface area is 69.8 Å². The van der Waals surface area contributed by atoms with Crippen molar-refractivity contribution in [2.24, 2.45) is 5.73 Å². The Balaban J connectivity index is 2.08. The standard InChI is InChI=1S/C9H20N2/c1-2-5-9(10)8-11-6-3-4-7-11/h9H,2-8,10H2,1H3/t9-/m1/s1. The Kier molecular flexibility index (Phi) is 3.87. The van der Waals surface area contributed by atoms with E-state index >= 15 is 0 Å². The molecule has 0 bridgehead atoms. The third-order valence-corrected chi connectivity index (χ3v) is 2.35. The van der Waals surface area contributed by atoms with Crippen molar-refractivity contribution in [3.05, 3.63) is 0 Å². The molecule has 0 saturated carbocycles. The minimum atomic E-state index is 0.415. The molecule has 1 atom stereocenters. The Bertz CT molecular complexity index is 97.7. The molecule has 0 aromatic rings. The fraction of sp³-hybridized carbons (Fsp3) is 1.00. The van der Waals surface area contributed by atoms with Gasteiger partial charge in [-0.15, -0.1) is 0 Å². The largest absolute Gasteiger partial charge is 0.327 e. The quantitative estimate of drug-likeness (QED) is 0.663. The van der Waals surface area contributed by atoms with E-state index in [-0.39, 0.29) is 0 Å². The van der Waals surface area contributed by atoms with Gasteiger partial charge in [-0.25, -0.2) is 0 Å². The van der Waals surface area contributed by atoms with Crippen LogP contribution in [0.2, 0.25) is 0 Å². The molecule has 0 aromatic heterocycles. The molecule has 1 fully saturated rings. The summed E-state index contributed by atoms with van der Waals surface area (Å²) in [5.41, 5.74) is 5.92. The summed E-state index contributed by atoms with van der Waals surface area (Å²) in [7, 11) is 0.